The van der Waals surface area contributed by atoms with Crippen LogP contribution in [0.5, 0.6) is 0 Å². The highest BCUT2D eigenvalue weighted by atomic mass is 35.5. The molecule has 3 nitrogen and oxygen atoms in total. The van der Waals surface area contributed by atoms with Gasteiger partial charge in [0, 0.05) is 18.0 Å². The molecule has 23 heavy (non-hydrogen) atoms. The fraction of sp³-hybridized carbons (Fsp3) is 0.263. The molecule has 1 N–H and O–H groups in total. The maximum atomic E-state index is 6.28. The Bertz CT molecular complexity index is 767. The molecule has 0 spiro atoms. The van der Waals surface area contributed by atoms with Gasteiger partial charge in [-0.2, -0.15) is 0 Å². The number of rotatable bonds is 2. The molecule has 0 bridgehead atoms. The van der Waals surface area contributed by atoms with Crippen molar-refractivity contribution in [1.82, 2.24) is 10.1 Å². The second-order valence-electron chi connectivity index (χ2n) is 6.26. The first-order valence-corrected chi connectivity index (χ1v) is 8.12. The van der Waals surface area contributed by atoms with Gasteiger partial charge in [-0.3, -0.25) is 5.01 Å². The molecule has 1 aliphatic rings. The number of halogens is 1. The van der Waals surface area contributed by atoms with E-state index >= 15 is 0 Å². The highest BCUT2D eigenvalue weighted by Gasteiger charge is 2.20. The van der Waals surface area contributed by atoms with Crippen LogP contribution >= 0.6 is 11.8 Å². The van der Waals surface area contributed by atoms with Gasteiger partial charge in [0.2, 0.25) is 0 Å². The normalized spacial score (nSPS) is 14.9. The fourth-order valence-corrected chi connectivity index (χ4v) is 3.31. The Hall–Kier alpha value is -1.97. The first-order chi connectivity index (χ1) is 10.9. The van der Waals surface area contributed by atoms with Crippen molar-refractivity contribution in [3.63, 3.8) is 0 Å². The zero-order valence-electron chi connectivity index (χ0n) is 14.0. The van der Waals surface area contributed by atoms with Crippen molar-refractivity contribution in [1.29, 1.82) is 0 Å². The molecule has 2 aromatic carbocycles. The molecule has 0 aromatic heterocycles. The number of anilines is 1. The van der Waals surface area contributed by atoms with Gasteiger partial charge >= 0.3 is 0 Å². The molecule has 120 valence electrons. The third-order valence-electron chi connectivity index (χ3n) is 4.18. The number of benzene rings is 2. The number of hydrazine groups is 2. The molecule has 3 rings (SSSR count). The van der Waals surface area contributed by atoms with Gasteiger partial charge in [-0.25, -0.2) is 4.53 Å². The smallest absolute Gasteiger partial charge is 0.0634 e. The lowest BCUT2D eigenvalue weighted by atomic mass is 9.98. The third-order valence-corrected chi connectivity index (χ3v) is 4.36. The summed E-state index contributed by atoms with van der Waals surface area (Å²) in [5.74, 6) is 0. The quantitative estimate of drug-likeness (QED) is 0.809. The van der Waals surface area contributed by atoms with Crippen LogP contribution in [-0.4, -0.2) is 11.1 Å². The zero-order valence-corrected chi connectivity index (χ0v) is 14.8. The summed E-state index contributed by atoms with van der Waals surface area (Å²) in [6.07, 6.45) is 1.94. The SMILES string of the molecule is Cc1ccc(C2=CN(Cl)NN(c3ccc(C)cc3C)C2)c(C)c1. The topological polar surface area (TPSA) is 18.5 Å². The van der Waals surface area contributed by atoms with Gasteiger partial charge in [0.25, 0.3) is 0 Å². The molecule has 0 aliphatic carbocycles. The Morgan fingerprint density at radius 1 is 0.913 bits per heavy atom. The monoisotopic (exact) mass is 327 g/mol. The Morgan fingerprint density at radius 3 is 2.22 bits per heavy atom. The lowest BCUT2D eigenvalue weighted by molar-refractivity contribution is 0.406. The number of aryl methyl sites for hydroxylation is 4. The molecular formula is C19H22ClN3. The molecule has 0 radical (unpaired) electrons. The predicted octanol–water partition coefficient (Wildman–Crippen LogP) is 4.66. The van der Waals surface area contributed by atoms with E-state index < -0.39 is 0 Å². The van der Waals surface area contributed by atoms with E-state index in [1.165, 1.54) is 37.9 Å². The minimum atomic E-state index is 0.761. The van der Waals surface area contributed by atoms with Crippen molar-refractivity contribution >= 4 is 23.0 Å². The van der Waals surface area contributed by atoms with Crippen molar-refractivity contribution in [2.75, 3.05) is 11.6 Å². The predicted molar refractivity (Wildman–Crippen MR) is 98.0 cm³/mol. The molecule has 0 fully saturated rings. The number of hydrogen-bond acceptors (Lipinski definition) is 3. The Labute approximate surface area is 143 Å². The number of hydrogen-bond donors (Lipinski definition) is 1. The number of nitrogens with zero attached hydrogens (tertiary/aromatic N) is 2. The van der Waals surface area contributed by atoms with Crippen molar-refractivity contribution in [3.8, 4) is 0 Å². The van der Waals surface area contributed by atoms with Crippen LogP contribution in [-0.2, 0) is 0 Å². The standard InChI is InChI=1S/C19H22ClN3/c1-13-5-7-18(15(3)9-13)17-11-22(21-23(20)12-17)19-8-6-14(2)10-16(19)4/h5-10,12,21H,11H2,1-4H3. The van der Waals surface area contributed by atoms with E-state index in [0.29, 0.717) is 0 Å². The second-order valence-corrected chi connectivity index (χ2v) is 6.62. The molecule has 0 saturated carbocycles. The average Bonchev–Trinajstić information content (AvgIpc) is 2.46. The van der Waals surface area contributed by atoms with E-state index in [2.05, 4.69) is 74.6 Å². The zero-order chi connectivity index (χ0) is 16.6. The van der Waals surface area contributed by atoms with Gasteiger partial charge in [-0.1, -0.05) is 41.5 Å². The van der Waals surface area contributed by atoms with E-state index in [4.69, 9.17) is 11.8 Å². The summed E-state index contributed by atoms with van der Waals surface area (Å²) in [6, 6.07) is 13.0. The lowest BCUT2D eigenvalue weighted by Crippen LogP contribution is -2.48. The second kappa shape index (κ2) is 6.26. The molecule has 2 aromatic rings. The van der Waals surface area contributed by atoms with E-state index in [0.717, 1.165) is 12.2 Å². The summed E-state index contributed by atoms with van der Waals surface area (Å²) in [7, 11) is 0. The first-order valence-electron chi connectivity index (χ1n) is 7.78. The van der Waals surface area contributed by atoms with Crippen LogP contribution in [0.2, 0.25) is 0 Å². The van der Waals surface area contributed by atoms with Crippen LogP contribution in [0.4, 0.5) is 5.69 Å². The largest absolute Gasteiger partial charge is 0.285 e. The van der Waals surface area contributed by atoms with Crippen molar-refractivity contribution in [2.45, 2.75) is 27.7 Å². The lowest BCUT2D eigenvalue weighted by Gasteiger charge is -2.35. The summed E-state index contributed by atoms with van der Waals surface area (Å²) in [4.78, 5) is 0. The molecule has 0 atom stereocenters. The van der Waals surface area contributed by atoms with Gasteiger partial charge in [0.1, 0.15) is 0 Å². The van der Waals surface area contributed by atoms with Gasteiger partial charge in [0.15, 0.2) is 0 Å². The van der Waals surface area contributed by atoms with E-state index in [9.17, 15) is 0 Å². The summed E-state index contributed by atoms with van der Waals surface area (Å²) < 4.78 is 1.50. The van der Waals surface area contributed by atoms with Crippen molar-refractivity contribution in [3.05, 3.63) is 70.4 Å². The van der Waals surface area contributed by atoms with Crippen LogP contribution in [0.25, 0.3) is 5.57 Å². The molecule has 1 heterocycles. The van der Waals surface area contributed by atoms with E-state index in [1.54, 1.807) is 0 Å². The van der Waals surface area contributed by atoms with Crippen LogP contribution in [0.15, 0.2) is 42.6 Å². The van der Waals surface area contributed by atoms with Gasteiger partial charge in [0.05, 0.1) is 12.2 Å². The van der Waals surface area contributed by atoms with Crippen molar-refractivity contribution in [2.24, 2.45) is 0 Å². The highest BCUT2D eigenvalue weighted by Crippen LogP contribution is 2.28. The highest BCUT2D eigenvalue weighted by molar-refractivity contribution is 6.14. The van der Waals surface area contributed by atoms with Crippen molar-refractivity contribution < 1.29 is 0 Å². The number of nitrogens with one attached hydrogen (secondary N) is 1. The Balaban J connectivity index is 1.95. The molecular weight excluding hydrogens is 306 g/mol. The van der Waals surface area contributed by atoms with Gasteiger partial charge in [-0.15, -0.1) is 5.53 Å². The van der Waals surface area contributed by atoms with Crippen LogP contribution < -0.4 is 10.5 Å². The van der Waals surface area contributed by atoms with Crippen LogP contribution in [0.1, 0.15) is 27.8 Å². The van der Waals surface area contributed by atoms with E-state index in [-0.39, 0.29) is 0 Å². The first kappa shape index (κ1) is 15.9. The third kappa shape index (κ3) is 3.36. The Morgan fingerprint density at radius 2 is 1.57 bits per heavy atom. The van der Waals surface area contributed by atoms with Crippen LogP contribution in [0.3, 0.4) is 0 Å². The summed E-state index contributed by atoms with van der Waals surface area (Å²) in [5, 5.41) is 2.08. The maximum Gasteiger partial charge on any atom is 0.0634 e. The fourth-order valence-electron chi connectivity index (χ4n) is 3.10. The Kier molecular flexibility index (Phi) is 4.33. The van der Waals surface area contributed by atoms with Gasteiger partial charge in [-0.05, 0) is 56.0 Å². The summed E-state index contributed by atoms with van der Waals surface area (Å²) in [6.45, 7) is 9.25. The minimum Gasteiger partial charge on any atom is -0.285 e. The molecule has 4 heteroatoms. The average molecular weight is 328 g/mol. The van der Waals surface area contributed by atoms with E-state index in [1.807, 2.05) is 6.20 Å². The molecule has 1 aliphatic heterocycles. The molecule has 0 unspecified atom stereocenters. The molecule has 0 amide bonds. The minimum absolute atomic E-state index is 0.761. The summed E-state index contributed by atoms with van der Waals surface area (Å²) in [5.41, 5.74) is 11.8. The summed E-state index contributed by atoms with van der Waals surface area (Å²) >= 11 is 6.28. The molecule has 0 saturated heterocycles. The van der Waals surface area contributed by atoms with Gasteiger partial charge < -0.3 is 0 Å². The maximum absolute atomic E-state index is 6.28. The van der Waals surface area contributed by atoms with Crippen LogP contribution in [0, 0.1) is 27.7 Å².